The molecule has 0 spiro atoms. The molecule has 4 aromatic carbocycles. The van der Waals surface area contributed by atoms with Gasteiger partial charge in [0.2, 0.25) is 27.2 Å². The van der Waals surface area contributed by atoms with Crippen LogP contribution in [-0.2, 0) is 33.1 Å². The molecule has 2 fully saturated rings. The first-order chi connectivity index (χ1) is 26.3. The zero-order valence-corrected chi connectivity index (χ0v) is 30.3. The Bertz CT molecular complexity index is 2200. The third kappa shape index (κ3) is 3.50. The first kappa shape index (κ1) is 30.4. The number of fused-ring (bicyclic) bond motifs is 6. The monoisotopic (exact) mass is 730 g/mol. The van der Waals surface area contributed by atoms with Gasteiger partial charge < -0.3 is 47.4 Å². The Balaban J connectivity index is 0.000000115. The lowest BCUT2D eigenvalue weighted by molar-refractivity contribution is -0.220. The lowest BCUT2D eigenvalue weighted by Crippen LogP contribution is -2.63. The van der Waals surface area contributed by atoms with Gasteiger partial charge in [0.15, 0.2) is 46.0 Å². The van der Waals surface area contributed by atoms with Crippen LogP contribution in [0, 0.1) is 0 Å². The van der Waals surface area contributed by atoms with Gasteiger partial charge in [-0.25, -0.2) is 0 Å². The molecule has 0 saturated carbocycles. The molecule has 0 aromatic heterocycles. The van der Waals surface area contributed by atoms with Gasteiger partial charge in [-0.3, -0.25) is 9.80 Å². The standard InChI is InChI=1S/2C21H19NO5/c2*1-21-12-3-4-13-18(26-9-23-13)17(12)20-22(2)19(21)11-7-15-14(24-8-25-15)5-10(11)6-16(21)27-20/h2*3-5,7,16,19-20H,6,8-9H2,1-2H3/t2*16-,19+,20-,21-/m00/s1. The van der Waals surface area contributed by atoms with Gasteiger partial charge in [0.05, 0.1) is 12.2 Å². The smallest absolute Gasteiger partial charge is 0.231 e. The van der Waals surface area contributed by atoms with Crippen LogP contribution >= 0.6 is 0 Å². The van der Waals surface area contributed by atoms with E-state index in [-0.39, 0.29) is 61.2 Å². The summed E-state index contributed by atoms with van der Waals surface area (Å²) in [6.07, 6.45) is 1.71. The van der Waals surface area contributed by atoms with E-state index in [4.69, 9.17) is 47.4 Å². The van der Waals surface area contributed by atoms with E-state index >= 15 is 0 Å². The zero-order valence-electron chi connectivity index (χ0n) is 30.3. The predicted octanol–water partition coefficient (Wildman–Crippen LogP) is 6.08. The highest BCUT2D eigenvalue weighted by Gasteiger charge is 2.63. The number of rotatable bonds is 0. The van der Waals surface area contributed by atoms with Gasteiger partial charge in [-0.05, 0) is 83.9 Å². The summed E-state index contributed by atoms with van der Waals surface area (Å²) >= 11 is 0. The number of nitrogens with zero attached hydrogens (tertiary/aromatic N) is 2. The van der Waals surface area contributed by atoms with Gasteiger partial charge in [-0.1, -0.05) is 26.0 Å². The summed E-state index contributed by atoms with van der Waals surface area (Å²) in [5.74, 6) is 6.70. The Morgan fingerprint density at radius 1 is 0.500 bits per heavy atom. The average molecular weight is 731 g/mol. The predicted molar refractivity (Wildman–Crippen MR) is 189 cm³/mol. The molecule has 12 nitrogen and oxygen atoms in total. The quantitative estimate of drug-likeness (QED) is 0.210. The molecule has 0 unspecified atom stereocenters. The molecule has 12 heteroatoms. The highest BCUT2D eigenvalue weighted by molar-refractivity contribution is 5.63. The highest BCUT2D eigenvalue weighted by atomic mass is 16.7. The summed E-state index contributed by atoms with van der Waals surface area (Å²) in [6.45, 7) is 5.79. The van der Waals surface area contributed by atoms with Crippen LogP contribution in [0.1, 0.15) is 82.9 Å². The van der Waals surface area contributed by atoms with E-state index in [1.54, 1.807) is 0 Å². The number of ether oxygens (including phenoxy) is 10. The molecule has 4 aromatic rings. The van der Waals surface area contributed by atoms with E-state index in [0.29, 0.717) is 13.6 Å². The van der Waals surface area contributed by atoms with E-state index in [1.807, 2.05) is 12.1 Å². The molecule has 8 bridgehead atoms. The van der Waals surface area contributed by atoms with Crippen LogP contribution in [0.25, 0.3) is 0 Å². The van der Waals surface area contributed by atoms with Crippen molar-refractivity contribution < 1.29 is 47.4 Å². The Hall–Kier alpha value is -4.88. The molecule has 16 rings (SSSR count). The first-order valence-corrected chi connectivity index (χ1v) is 18.8. The van der Waals surface area contributed by atoms with Crippen molar-refractivity contribution in [1.82, 2.24) is 9.80 Å². The fourth-order valence-electron chi connectivity index (χ4n) is 11.7. The van der Waals surface area contributed by atoms with Crippen LogP contribution in [0.5, 0.6) is 46.0 Å². The third-order valence-electron chi connectivity index (χ3n) is 14.1. The van der Waals surface area contributed by atoms with Crippen molar-refractivity contribution in [2.75, 3.05) is 41.3 Å². The van der Waals surface area contributed by atoms with Crippen molar-refractivity contribution in [2.24, 2.45) is 0 Å². The molecule has 54 heavy (non-hydrogen) atoms. The summed E-state index contributed by atoms with van der Waals surface area (Å²) in [6, 6.07) is 17.6. The molecule has 10 heterocycles. The number of benzene rings is 4. The molecular weight excluding hydrogens is 692 g/mol. The summed E-state index contributed by atoms with van der Waals surface area (Å²) in [5, 5.41) is 0. The van der Waals surface area contributed by atoms with Crippen molar-refractivity contribution in [3.05, 3.63) is 93.0 Å². The Labute approximate surface area is 311 Å². The molecule has 276 valence electrons. The minimum atomic E-state index is -0.166. The second-order valence-electron chi connectivity index (χ2n) is 16.4. The Kier molecular flexibility index (Phi) is 5.66. The topological polar surface area (TPSA) is 98.8 Å². The lowest BCUT2D eigenvalue weighted by Gasteiger charge is -2.62. The second kappa shape index (κ2) is 10.0. The highest BCUT2D eigenvalue weighted by Crippen LogP contribution is 2.66. The molecule has 2 saturated heterocycles. The Morgan fingerprint density at radius 2 is 0.889 bits per heavy atom. The SMILES string of the molecule is CN1[C@H]2O[C@H]3Cc4cc5c(cc4[C@@H]1[C@@]3(C)c1ccc3c(c12)OCO3)OCO5.CN1[C@H]2O[C@H]3Cc4cc5c(cc4[C@@H]1[C@@]3(C)c1ccc3c(c12)OCO3)OCO5. The van der Waals surface area contributed by atoms with Crippen molar-refractivity contribution in [1.29, 1.82) is 0 Å². The van der Waals surface area contributed by atoms with Gasteiger partial charge in [-0.2, -0.15) is 0 Å². The van der Waals surface area contributed by atoms with E-state index in [1.165, 1.54) is 33.4 Å². The van der Waals surface area contributed by atoms with Crippen LogP contribution in [0.4, 0.5) is 0 Å². The molecular formula is C42H38N2O10. The lowest BCUT2D eigenvalue weighted by atomic mass is 9.58. The van der Waals surface area contributed by atoms with Crippen molar-refractivity contribution in [3.8, 4) is 46.0 Å². The first-order valence-electron chi connectivity index (χ1n) is 18.8. The van der Waals surface area contributed by atoms with Crippen LogP contribution in [0.2, 0.25) is 0 Å². The molecule has 0 amide bonds. The fourth-order valence-corrected chi connectivity index (χ4v) is 11.7. The number of hydrogen-bond acceptors (Lipinski definition) is 12. The van der Waals surface area contributed by atoms with Crippen LogP contribution < -0.4 is 37.9 Å². The normalized spacial score (nSPS) is 33.8. The van der Waals surface area contributed by atoms with Gasteiger partial charge in [0, 0.05) is 46.9 Å². The fraction of sp³-hybridized carbons (Fsp3) is 0.429. The van der Waals surface area contributed by atoms with Gasteiger partial charge in [0.25, 0.3) is 0 Å². The summed E-state index contributed by atoms with van der Waals surface area (Å²) < 4.78 is 58.7. The average Bonchev–Trinajstić information content (AvgIpc) is 4.00. The van der Waals surface area contributed by atoms with Gasteiger partial charge >= 0.3 is 0 Å². The molecule has 0 N–H and O–H groups in total. The Morgan fingerprint density at radius 3 is 1.33 bits per heavy atom. The van der Waals surface area contributed by atoms with Crippen molar-refractivity contribution >= 4 is 0 Å². The van der Waals surface area contributed by atoms with Gasteiger partial charge in [-0.15, -0.1) is 0 Å². The zero-order chi connectivity index (χ0) is 35.8. The third-order valence-corrected chi connectivity index (χ3v) is 14.1. The molecule has 8 atom stereocenters. The summed E-state index contributed by atoms with van der Waals surface area (Å²) in [5.41, 5.74) is 9.79. The molecule has 10 aliphatic heterocycles. The van der Waals surface area contributed by atoms with Crippen molar-refractivity contribution in [2.45, 2.75) is 74.3 Å². The van der Waals surface area contributed by atoms with E-state index in [2.05, 4.69) is 74.1 Å². The maximum absolute atomic E-state index is 6.62. The van der Waals surface area contributed by atoms with E-state index < -0.39 is 0 Å². The maximum Gasteiger partial charge on any atom is 0.231 e. The second-order valence-corrected chi connectivity index (χ2v) is 16.4. The van der Waals surface area contributed by atoms with E-state index in [0.717, 1.165) is 70.0 Å². The molecule has 12 aliphatic rings. The number of likely N-dealkylation sites (N-methyl/N-ethyl adjacent to an activating group) is 2. The molecule has 2 aliphatic carbocycles. The minimum Gasteiger partial charge on any atom is -0.454 e. The summed E-state index contributed by atoms with van der Waals surface area (Å²) in [7, 11) is 4.28. The minimum absolute atomic E-state index is 0.115. The van der Waals surface area contributed by atoms with Crippen molar-refractivity contribution in [3.63, 3.8) is 0 Å². The number of hydrogen-bond donors (Lipinski definition) is 0. The maximum atomic E-state index is 6.62. The largest absolute Gasteiger partial charge is 0.454 e. The van der Waals surface area contributed by atoms with E-state index in [9.17, 15) is 0 Å². The van der Waals surface area contributed by atoms with Gasteiger partial charge in [0.1, 0.15) is 12.5 Å². The summed E-state index contributed by atoms with van der Waals surface area (Å²) in [4.78, 5) is 4.67. The van der Waals surface area contributed by atoms with Crippen LogP contribution in [0.15, 0.2) is 48.5 Å². The van der Waals surface area contributed by atoms with Crippen LogP contribution in [-0.4, -0.2) is 63.3 Å². The van der Waals surface area contributed by atoms with Crippen LogP contribution in [0.3, 0.4) is 0 Å². The molecule has 0 radical (unpaired) electrons.